The van der Waals surface area contributed by atoms with Crippen LogP contribution in [0.5, 0.6) is 0 Å². The molecule has 1 aliphatic rings. The van der Waals surface area contributed by atoms with E-state index in [4.69, 9.17) is 0 Å². The standard InChI is InChI=1S/C17H17F2N5OS/c1-10-6-12(8-26-10)16(25)23-4-2-11(3-5-23)13-7-14(15(18)19)24-17(22-13)20-9-21-24/h6-9,11,15H,2-5H2,1H3. The van der Waals surface area contributed by atoms with E-state index < -0.39 is 6.43 Å². The van der Waals surface area contributed by atoms with Crippen molar-refractivity contribution < 1.29 is 13.6 Å². The second-order valence-corrected chi connectivity index (χ2v) is 7.51. The summed E-state index contributed by atoms with van der Waals surface area (Å²) >= 11 is 1.56. The quantitative estimate of drug-likeness (QED) is 0.701. The summed E-state index contributed by atoms with van der Waals surface area (Å²) in [5.41, 5.74) is 1.11. The number of alkyl halides is 2. The van der Waals surface area contributed by atoms with Gasteiger partial charge in [0, 0.05) is 35.0 Å². The fraction of sp³-hybridized carbons (Fsp3) is 0.412. The van der Waals surface area contributed by atoms with Crippen molar-refractivity contribution in [2.24, 2.45) is 0 Å². The number of aryl methyl sites for hydroxylation is 1. The van der Waals surface area contributed by atoms with Gasteiger partial charge in [-0.15, -0.1) is 11.3 Å². The van der Waals surface area contributed by atoms with E-state index in [9.17, 15) is 13.6 Å². The van der Waals surface area contributed by atoms with Crippen LogP contribution < -0.4 is 0 Å². The molecule has 0 aliphatic carbocycles. The summed E-state index contributed by atoms with van der Waals surface area (Å²) < 4.78 is 27.7. The van der Waals surface area contributed by atoms with E-state index in [0.717, 1.165) is 9.39 Å². The highest BCUT2D eigenvalue weighted by Gasteiger charge is 2.27. The van der Waals surface area contributed by atoms with Crippen LogP contribution in [-0.4, -0.2) is 43.5 Å². The minimum atomic E-state index is -2.65. The lowest BCUT2D eigenvalue weighted by Gasteiger charge is -2.31. The summed E-state index contributed by atoms with van der Waals surface area (Å²) in [6, 6.07) is 3.31. The Morgan fingerprint density at radius 3 is 2.73 bits per heavy atom. The van der Waals surface area contributed by atoms with E-state index in [-0.39, 0.29) is 23.3 Å². The fourth-order valence-electron chi connectivity index (χ4n) is 3.34. The van der Waals surface area contributed by atoms with Gasteiger partial charge in [0.05, 0.1) is 5.56 Å². The number of likely N-dealkylation sites (tertiary alicyclic amines) is 1. The first-order valence-electron chi connectivity index (χ1n) is 8.36. The van der Waals surface area contributed by atoms with Crippen molar-refractivity contribution in [2.75, 3.05) is 13.1 Å². The first kappa shape index (κ1) is 17.0. The highest BCUT2D eigenvalue weighted by Crippen LogP contribution is 2.30. The third-order valence-electron chi connectivity index (χ3n) is 4.70. The van der Waals surface area contributed by atoms with Gasteiger partial charge in [0.1, 0.15) is 12.0 Å². The number of carbonyl (C=O) groups is 1. The molecule has 3 aromatic rings. The van der Waals surface area contributed by atoms with E-state index in [1.54, 1.807) is 11.3 Å². The molecular formula is C17H17F2N5OS. The average Bonchev–Trinajstić information content (AvgIpc) is 3.29. The summed E-state index contributed by atoms with van der Waals surface area (Å²) in [4.78, 5) is 23.8. The van der Waals surface area contributed by atoms with E-state index in [0.29, 0.717) is 37.2 Å². The van der Waals surface area contributed by atoms with Crippen molar-refractivity contribution in [1.82, 2.24) is 24.5 Å². The minimum absolute atomic E-state index is 0.0296. The summed E-state index contributed by atoms with van der Waals surface area (Å²) in [7, 11) is 0. The number of hydrogen-bond donors (Lipinski definition) is 0. The summed E-state index contributed by atoms with van der Waals surface area (Å²) in [5, 5.41) is 5.68. The number of nitrogens with zero attached hydrogens (tertiary/aromatic N) is 5. The van der Waals surface area contributed by atoms with Crippen molar-refractivity contribution in [3.8, 4) is 0 Å². The molecule has 4 heterocycles. The van der Waals surface area contributed by atoms with Gasteiger partial charge in [-0.25, -0.2) is 13.8 Å². The molecule has 0 atom stereocenters. The molecule has 0 spiro atoms. The molecule has 3 aromatic heterocycles. The molecule has 0 saturated carbocycles. The lowest BCUT2D eigenvalue weighted by molar-refractivity contribution is 0.0712. The van der Waals surface area contributed by atoms with Gasteiger partial charge < -0.3 is 4.90 Å². The van der Waals surface area contributed by atoms with Gasteiger partial charge in [-0.2, -0.15) is 14.6 Å². The number of carbonyl (C=O) groups excluding carboxylic acids is 1. The van der Waals surface area contributed by atoms with Crippen molar-refractivity contribution >= 4 is 23.0 Å². The zero-order valence-electron chi connectivity index (χ0n) is 14.1. The first-order valence-corrected chi connectivity index (χ1v) is 9.24. The molecule has 1 fully saturated rings. The summed E-state index contributed by atoms with van der Waals surface area (Å²) in [6.07, 6.45) is -0.0457. The first-order chi connectivity index (χ1) is 12.5. The molecule has 0 N–H and O–H groups in total. The molecule has 0 unspecified atom stereocenters. The molecule has 0 aromatic carbocycles. The molecule has 4 rings (SSSR count). The van der Waals surface area contributed by atoms with Crippen LogP contribution in [0.4, 0.5) is 8.78 Å². The van der Waals surface area contributed by atoms with Crippen molar-refractivity contribution in [3.63, 3.8) is 0 Å². The Morgan fingerprint density at radius 2 is 2.08 bits per heavy atom. The van der Waals surface area contributed by atoms with Gasteiger partial charge in [-0.3, -0.25) is 4.79 Å². The number of amides is 1. The largest absolute Gasteiger partial charge is 0.339 e. The average molecular weight is 377 g/mol. The van der Waals surface area contributed by atoms with E-state index in [1.165, 1.54) is 12.4 Å². The number of thiophene rings is 1. The molecule has 136 valence electrons. The normalized spacial score (nSPS) is 15.9. The van der Waals surface area contributed by atoms with Crippen LogP contribution in [-0.2, 0) is 0 Å². The SMILES string of the molecule is Cc1cc(C(=O)N2CCC(c3cc(C(F)F)n4ncnc4n3)CC2)cs1. The predicted molar refractivity (Wildman–Crippen MR) is 92.7 cm³/mol. The Bertz CT molecular complexity index is 946. The summed E-state index contributed by atoms with van der Waals surface area (Å²) in [5.74, 6) is 0.245. The topological polar surface area (TPSA) is 63.4 Å². The van der Waals surface area contributed by atoms with Crippen molar-refractivity contribution in [3.05, 3.63) is 45.7 Å². The van der Waals surface area contributed by atoms with E-state index in [2.05, 4.69) is 15.1 Å². The minimum Gasteiger partial charge on any atom is -0.339 e. The highest BCUT2D eigenvalue weighted by molar-refractivity contribution is 7.10. The highest BCUT2D eigenvalue weighted by atomic mass is 32.1. The lowest BCUT2D eigenvalue weighted by atomic mass is 9.92. The van der Waals surface area contributed by atoms with Crippen LogP contribution in [0, 0.1) is 6.92 Å². The molecule has 1 aliphatic heterocycles. The third-order valence-corrected chi connectivity index (χ3v) is 5.56. The molecule has 26 heavy (non-hydrogen) atoms. The number of fused-ring (bicyclic) bond motifs is 1. The van der Waals surface area contributed by atoms with Gasteiger partial charge in [0.15, 0.2) is 0 Å². The van der Waals surface area contributed by atoms with Crippen molar-refractivity contribution in [1.29, 1.82) is 0 Å². The Labute approximate surface area is 152 Å². The van der Waals surface area contributed by atoms with Crippen LogP contribution in [0.25, 0.3) is 5.78 Å². The Balaban J connectivity index is 1.51. The van der Waals surface area contributed by atoms with Gasteiger partial charge in [0.2, 0.25) is 0 Å². The van der Waals surface area contributed by atoms with Crippen LogP contribution in [0.2, 0.25) is 0 Å². The van der Waals surface area contributed by atoms with Gasteiger partial charge in [0.25, 0.3) is 18.1 Å². The molecule has 6 nitrogen and oxygen atoms in total. The Hall–Kier alpha value is -2.42. The molecule has 0 radical (unpaired) electrons. The maximum atomic E-state index is 13.3. The maximum Gasteiger partial charge on any atom is 0.280 e. The number of rotatable bonds is 3. The number of halogens is 2. The van der Waals surface area contributed by atoms with Crippen LogP contribution >= 0.6 is 11.3 Å². The second-order valence-electron chi connectivity index (χ2n) is 6.39. The Morgan fingerprint density at radius 1 is 1.31 bits per heavy atom. The molecule has 0 bridgehead atoms. The fourth-order valence-corrected chi connectivity index (χ4v) is 4.01. The lowest BCUT2D eigenvalue weighted by Crippen LogP contribution is -2.38. The molecule has 1 amide bonds. The zero-order chi connectivity index (χ0) is 18.3. The van der Waals surface area contributed by atoms with E-state index >= 15 is 0 Å². The third kappa shape index (κ3) is 3.07. The zero-order valence-corrected chi connectivity index (χ0v) is 14.9. The van der Waals surface area contributed by atoms with Crippen molar-refractivity contribution in [2.45, 2.75) is 32.1 Å². The number of piperidine rings is 1. The molecular weight excluding hydrogens is 360 g/mol. The Kier molecular flexibility index (Phi) is 4.39. The number of hydrogen-bond acceptors (Lipinski definition) is 5. The van der Waals surface area contributed by atoms with E-state index in [1.807, 2.05) is 23.3 Å². The predicted octanol–water partition coefficient (Wildman–Crippen LogP) is 3.45. The monoisotopic (exact) mass is 377 g/mol. The maximum absolute atomic E-state index is 13.3. The van der Waals surface area contributed by atoms with Crippen LogP contribution in [0.15, 0.2) is 23.8 Å². The second kappa shape index (κ2) is 6.71. The van der Waals surface area contributed by atoms with Gasteiger partial charge >= 0.3 is 0 Å². The van der Waals surface area contributed by atoms with Crippen LogP contribution in [0.3, 0.4) is 0 Å². The smallest absolute Gasteiger partial charge is 0.280 e. The summed E-state index contributed by atoms with van der Waals surface area (Å²) in [6.45, 7) is 3.14. The van der Waals surface area contributed by atoms with Gasteiger partial charge in [-0.05, 0) is 31.9 Å². The number of aromatic nitrogens is 4. The van der Waals surface area contributed by atoms with Crippen LogP contribution in [0.1, 0.15) is 51.8 Å². The van der Waals surface area contributed by atoms with Gasteiger partial charge in [-0.1, -0.05) is 0 Å². The molecule has 9 heteroatoms. The molecule has 1 saturated heterocycles.